The normalized spacial score (nSPS) is 11.6. The molecule has 106 valence electrons. The summed E-state index contributed by atoms with van der Waals surface area (Å²) in [4.78, 5) is 0. The Labute approximate surface area is 114 Å². The molecule has 0 saturated carbocycles. The molecule has 0 amide bonds. The lowest BCUT2D eigenvalue weighted by Gasteiger charge is -2.11. The molecule has 0 radical (unpaired) electrons. The van der Waals surface area contributed by atoms with Crippen molar-refractivity contribution in [2.45, 2.75) is 32.8 Å². The molecule has 5 heteroatoms. The third-order valence-electron chi connectivity index (χ3n) is 2.83. The molecule has 0 aliphatic rings. The van der Waals surface area contributed by atoms with Gasteiger partial charge in [-0.2, -0.15) is 0 Å². The zero-order chi connectivity index (χ0) is 14.1. The van der Waals surface area contributed by atoms with E-state index in [0.29, 0.717) is 12.2 Å². The fraction of sp³-hybridized carbons (Fsp3) is 0.500. The van der Waals surface area contributed by atoms with Crippen LogP contribution in [-0.2, 0) is 11.3 Å². The minimum Gasteiger partial charge on any atom is -0.496 e. The molecule has 0 unspecified atom stereocenters. The number of ether oxygens (including phenoxy) is 2. The Kier molecular flexibility index (Phi) is 6.74. The minimum atomic E-state index is 0.0786. The van der Waals surface area contributed by atoms with Crippen LogP contribution >= 0.6 is 0 Å². The van der Waals surface area contributed by atoms with Crippen LogP contribution in [0.1, 0.15) is 37.3 Å². The van der Waals surface area contributed by atoms with Gasteiger partial charge in [0.25, 0.3) is 0 Å². The summed E-state index contributed by atoms with van der Waals surface area (Å²) in [5.74, 6) is 0.819. The van der Waals surface area contributed by atoms with Crippen LogP contribution in [0.5, 0.6) is 5.75 Å². The molecular weight excluding hydrogens is 244 g/mol. The second kappa shape index (κ2) is 8.37. The van der Waals surface area contributed by atoms with Gasteiger partial charge < -0.3 is 20.4 Å². The number of nitrogens with two attached hydrogens (primary N) is 1. The van der Waals surface area contributed by atoms with Gasteiger partial charge in [0.15, 0.2) is 5.84 Å². The molecule has 0 spiro atoms. The second-order valence-corrected chi connectivity index (χ2v) is 4.27. The highest BCUT2D eigenvalue weighted by molar-refractivity contribution is 5.97. The van der Waals surface area contributed by atoms with Crippen LogP contribution in [0.2, 0.25) is 0 Å². The fourth-order valence-electron chi connectivity index (χ4n) is 1.74. The maximum absolute atomic E-state index is 8.68. The Morgan fingerprint density at radius 2 is 2.16 bits per heavy atom. The molecule has 0 heterocycles. The maximum Gasteiger partial charge on any atom is 0.170 e. The van der Waals surface area contributed by atoms with Gasteiger partial charge in [-0.05, 0) is 24.6 Å². The number of methoxy groups -OCH3 is 1. The Hall–Kier alpha value is -1.75. The van der Waals surface area contributed by atoms with E-state index in [9.17, 15) is 0 Å². The number of nitrogens with zero attached hydrogens (tertiary/aromatic N) is 1. The topological polar surface area (TPSA) is 77.1 Å². The van der Waals surface area contributed by atoms with Gasteiger partial charge in [0.2, 0.25) is 0 Å². The molecule has 0 saturated heterocycles. The molecule has 1 aromatic carbocycles. The number of rotatable bonds is 8. The highest BCUT2D eigenvalue weighted by Gasteiger charge is 2.07. The van der Waals surface area contributed by atoms with Crippen molar-refractivity contribution < 1.29 is 14.7 Å². The number of amidine groups is 1. The van der Waals surface area contributed by atoms with Gasteiger partial charge in [-0.3, -0.25) is 0 Å². The van der Waals surface area contributed by atoms with Gasteiger partial charge in [0, 0.05) is 17.7 Å². The molecule has 0 fully saturated rings. The first-order valence-electron chi connectivity index (χ1n) is 6.45. The van der Waals surface area contributed by atoms with Crippen LogP contribution in [0.3, 0.4) is 0 Å². The van der Waals surface area contributed by atoms with E-state index in [4.69, 9.17) is 20.4 Å². The molecule has 5 nitrogen and oxygen atoms in total. The predicted octanol–water partition coefficient (Wildman–Crippen LogP) is 2.50. The van der Waals surface area contributed by atoms with Gasteiger partial charge in [-0.15, -0.1) is 0 Å². The molecule has 3 N–H and O–H groups in total. The van der Waals surface area contributed by atoms with Crippen molar-refractivity contribution in [2.75, 3.05) is 13.7 Å². The Morgan fingerprint density at radius 1 is 1.37 bits per heavy atom. The van der Waals surface area contributed by atoms with E-state index in [2.05, 4.69) is 12.1 Å². The third kappa shape index (κ3) is 4.79. The predicted molar refractivity (Wildman–Crippen MR) is 74.7 cm³/mol. The number of benzene rings is 1. The molecule has 0 aliphatic heterocycles. The summed E-state index contributed by atoms with van der Waals surface area (Å²) in [5, 5.41) is 11.7. The third-order valence-corrected chi connectivity index (χ3v) is 2.83. The van der Waals surface area contributed by atoms with Crippen LogP contribution in [0.25, 0.3) is 0 Å². The number of oxime groups is 1. The Morgan fingerprint density at radius 3 is 2.79 bits per heavy atom. The first kappa shape index (κ1) is 15.3. The highest BCUT2D eigenvalue weighted by Crippen LogP contribution is 2.21. The first-order chi connectivity index (χ1) is 9.22. The van der Waals surface area contributed by atoms with E-state index in [1.165, 1.54) is 12.8 Å². The van der Waals surface area contributed by atoms with Crippen LogP contribution in [0, 0.1) is 0 Å². The SMILES string of the molecule is CCCCCOCc1cc(/C(N)=N/O)ccc1OC. The Balaban J connectivity index is 2.68. The maximum atomic E-state index is 8.68. The van der Waals surface area contributed by atoms with Crippen LogP contribution in [-0.4, -0.2) is 24.8 Å². The largest absolute Gasteiger partial charge is 0.496 e. The minimum absolute atomic E-state index is 0.0786. The number of hydrogen-bond acceptors (Lipinski definition) is 4. The Bertz CT molecular complexity index is 419. The lowest BCUT2D eigenvalue weighted by atomic mass is 10.1. The van der Waals surface area contributed by atoms with Crippen molar-refractivity contribution in [1.29, 1.82) is 0 Å². The zero-order valence-corrected chi connectivity index (χ0v) is 11.6. The molecular formula is C14H22N2O3. The van der Waals surface area contributed by atoms with E-state index in [1.807, 2.05) is 6.07 Å². The van der Waals surface area contributed by atoms with E-state index in [0.717, 1.165) is 24.3 Å². The summed E-state index contributed by atoms with van der Waals surface area (Å²) >= 11 is 0. The van der Waals surface area contributed by atoms with Gasteiger partial charge >= 0.3 is 0 Å². The monoisotopic (exact) mass is 266 g/mol. The molecule has 1 aromatic rings. The van der Waals surface area contributed by atoms with Crippen molar-refractivity contribution in [2.24, 2.45) is 10.9 Å². The molecule has 1 rings (SSSR count). The van der Waals surface area contributed by atoms with Crippen molar-refractivity contribution in [1.82, 2.24) is 0 Å². The van der Waals surface area contributed by atoms with Crippen molar-refractivity contribution >= 4 is 5.84 Å². The average molecular weight is 266 g/mol. The van der Waals surface area contributed by atoms with E-state index in [1.54, 1.807) is 19.2 Å². The molecule has 19 heavy (non-hydrogen) atoms. The lowest BCUT2D eigenvalue weighted by Crippen LogP contribution is -2.13. The van der Waals surface area contributed by atoms with Gasteiger partial charge in [-0.1, -0.05) is 24.9 Å². The standard InChI is InChI=1S/C14H22N2O3/c1-3-4-5-8-19-10-12-9-11(14(15)16-17)6-7-13(12)18-2/h6-7,9,17H,3-5,8,10H2,1-2H3,(H2,15,16). The van der Waals surface area contributed by atoms with Crippen LogP contribution in [0.4, 0.5) is 0 Å². The van der Waals surface area contributed by atoms with Gasteiger partial charge in [0.1, 0.15) is 5.75 Å². The summed E-state index contributed by atoms with van der Waals surface area (Å²) in [5.41, 5.74) is 7.11. The summed E-state index contributed by atoms with van der Waals surface area (Å²) in [6.07, 6.45) is 3.39. The van der Waals surface area contributed by atoms with Gasteiger partial charge in [0.05, 0.1) is 13.7 Å². The molecule has 0 aromatic heterocycles. The summed E-state index contributed by atoms with van der Waals surface area (Å²) < 4.78 is 10.9. The summed E-state index contributed by atoms with van der Waals surface area (Å²) in [6, 6.07) is 5.35. The molecule has 0 atom stereocenters. The first-order valence-corrected chi connectivity index (χ1v) is 6.45. The lowest BCUT2D eigenvalue weighted by molar-refractivity contribution is 0.115. The van der Waals surface area contributed by atoms with E-state index < -0.39 is 0 Å². The van der Waals surface area contributed by atoms with Crippen LogP contribution in [0.15, 0.2) is 23.4 Å². The molecule has 0 aliphatic carbocycles. The summed E-state index contributed by atoms with van der Waals surface area (Å²) in [7, 11) is 1.61. The number of hydrogen-bond donors (Lipinski definition) is 2. The van der Waals surface area contributed by atoms with Crippen molar-refractivity contribution in [3.05, 3.63) is 29.3 Å². The van der Waals surface area contributed by atoms with Crippen LogP contribution < -0.4 is 10.5 Å². The number of unbranched alkanes of at least 4 members (excludes halogenated alkanes) is 2. The average Bonchev–Trinajstić information content (AvgIpc) is 2.46. The smallest absolute Gasteiger partial charge is 0.170 e. The quantitative estimate of drug-likeness (QED) is 0.249. The second-order valence-electron chi connectivity index (χ2n) is 4.27. The summed E-state index contributed by atoms with van der Waals surface area (Å²) in [6.45, 7) is 3.34. The van der Waals surface area contributed by atoms with Crippen molar-refractivity contribution in [3.8, 4) is 5.75 Å². The highest BCUT2D eigenvalue weighted by atomic mass is 16.5. The van der Waals surface area contributed by atoms with E-state index >= 15 is 0 Å². The van der Waals surface area contributed by atoms with Gasteiger partial charge in [-0.25, -0.2) is 0 Å². The fourth-order valence-corrected chi connectivity index (χ4v) is 1.74. The molecule has 0 bridgehead atoms. The zero-order valence-electron chi connectivity index (χ0n) is 11.6. The van der Waals surface area contributed by atoms with Crippen molar-refractivity contribution in [3.63, 3.8) is 0 Å². The van der Waals surface area contributed by atoms with E-state index in [-0.39, 0.29) is 5.84 Å².